The molecule has 0 aromatic heterocycles. The molecule has 0 radical (unpaired) electrons. The summed E-state index contributed by atoms with van der Waals surface area (Å²) in [6, 6.07) is 16.6. The predicted octanol–water partition coefficient (Wildman–Crippen LogP) is 2.93. The number of hydrogen-bond donors (Lipinski definition) is 1. The van der Waals surface area contributed by atoms with Crippen LogP contribution in [-0.4, -0.2) is 55.0 Å². The molecular formula is C24H27N3O4. The molecule has 7 heteroatoms. The van der Waals surface area contributed by atoms with Gasteiger partial charge in [-0.1, -0.05) is 18.2 Å². The monoisotopic (exact) mass is 421 g/mol. The van der Waals surface area contributed by atoms with Crippen molar-refractivity contribution in [3.8, 4) is 0 Å². The van der Waals surface area contributed by atoms with E-state index in [1.807, 2.05) is 18.2 Å². The van der Waals surface area contributed by atoms with E-state index in [0.717, 1.165) is 31.6 Å². The van der Waals surface area contributed by atoms with Crippen LogP contribution in [0.2, 0.25) is 0 Å². The van der Waals surface area contributed by atoms with Gasteiger partial charge in [0.05, 0.1) is 5.56 Å². The molecule has 1 aliphatic carbocycles. The van der Waals surface area contributed by atoms with Gasteiger partial charge < -0.3 is 19.9 Å². The summed E-state index contributed by atoms with van der Waals surface area (Å²) in [6.45, 7) is 4.26. The summed E-state index contributed by atoms with van der Waals surface area (Å²) in [5, 5.41) is 2.83. The molecule has 2 amide bonds. The summed E-state index contributed by atoms with van der Waals surface area (Å²) < 4.78 is 5.40. The fourth-order valence-corrected chi connectivity index (χ4v) is 3.64. The van der Waals surface area contributed by atoms with E-state index in [2.05, 4.69) is 22.3 Å². The Hall–Kier alpha value is -3.35. The van der Waals surface area contributed by atoms with Gasteiger partial charge in [0.2, 0.25) is 5.91 Å². The van der Waals surface area contributed by atoms with Crippen molar-refractivity contribution in [3.63, 3.8) is 0 Å². The van der Waals surface area contributed by atoms with E-state index in [4.69, 9.17) is 4.74 Å². The number of amides is 2. The van der Waals surface area contributed by atoms with Crippen LogP contribution in [0.3, 0.4) is 0 Å². The standard InChI is InChI=1S/C24H27N3O4/c1-17(23(29)27-15-13-26(14-16-27)21-5-3-2-4-6-21)31-24(30)19-9-11-20(12-10-19)25-22(28)18-7-8-18/h2-6,9-12,17-18H,7-8,13-16H2,1H3,(H,25,28). The van der Waals surface area contributed by atoms with Crippen LogP contribution < -0.4 is 10.2 Å². The van der Waals surface area contributed by atoms with Crippen molar-refractivity contribution in [1.82, 2.24) is 4.90 Å². The molecule has 1 saturated carbocycles. The zero-order valence-electron chi connectivity index (χ0n) is 17.6. The normalized spacial score (nSPS) is 17.1. The Morgan fingerprint density at radius 2 is 1.58 bits per heavy atom. The smallest absolute Gasteiger partial charge is 0.338 e. The van der Waals surface area contributed by atoms with Crippen LogP contribution in [0.15, 0.2) is 54.6 Å². The number of piperazine rings is 1. The molecule has 1 unspecified atom stereocenters. The zero-order chi connectivity index (χ0) is 21.8. The number of nitrogens with one attached hydrogen (secondary N) is 1. The Balaban J connectivity index is 1.26. The molecule has 1 atom stereocenters. The molecule has 0 spiro atoms. The fourth-order valence-electron chi connectivity index (χ4n) is 3.64. The molecule has 1 saturated heterocycles. The van der Waals surface area contributed by atoms with Gasteiger partial charge in [0, 0.05) is 43.5 Å². The molecule has 4 rings (SSSR count). The average molecular weight is 421 g/mol. The van der Waals surface area contributed by atoms with Crippen LogP contribution in [0.25, 0.3) is 0 Å². The van der Waals surface area contributed by atoms with Crippen molar-refractivity contribution in [3.05, 3.63) is 60.2 Å². The largest absolute Gasteiger partial charge is 0.449 e. The van der Waals surface area contributed by atoms with Gasteiger partial charge in [-0.25, -0.2) is 4.79 Å². The molecule has 1 N–H and O–H groups in total. The summed E-state index contributed by atoms with van der Waals surface area (Å²) >= 11 is 0. The van der Waals surface area contributed by atoms with Crippen molar-refractivity contribution < 1.29 is 19.1 Å². The molecule has 1 heterocycles. The van der Waals surface area contributed by atoms with Gasteiger partial charge in [-0.15, -0.1) is 0 Å². The van der Waals surface area contributed by atoms with Crippen LogP contribution in [0.4, 0.5) is 11.4 Å². The van der Waals surface area contributed by atoms with E-state index in [0.29, 0.717) is 24.3 Å². The van der Waals surface area contributed by atoms with Crippen LogP contribution in [0, 0.1) is 5.92 Å². The second-order valence-electron chi connectivity index (χ2n) is 8.04. The van der Waals surface area contributed by atoms with Gasteiger partial charge in [-0.3, -0.25) is 9.59 Å². The summed E-state index contributed by atoms with van der Waals surface area (Å²) in [4.78, 5) is 41.0. The van der Waals surface area contributed by atoms with Crippen molar-refractivity contribution in [1.29, 1.82) is 0 Å². The topological polar surface area (TPSA) is 78.9 Å². The Kier molecular flexibility index (Phi) is 6.21. The highest BCUT2D eigenvalue weighted by molar-refractivity contribution is 5.95. The van der Waals surface area contributed by atoms with Gasteiger partial charge in [0.25, 0.3) is 5.91 Å². The van der Waals surface area contributed by atoms with Gasteiger partial charge in [-0.2, -0.15) is 0 Å². The highest BCUT2D eigenvalue weighted by Gasteiger charge is 2.30. The molecule has 1 aliphatic heterocycles. The van der Waals surface area contributed by atoms with E-state index in [1.54, 1.807) is 36.1 Å². The first-order valence-corrected chi connectivity index (χ1v) is 10.7. The summed E-state index contributed by atoms with van der Waals surface area (Å²) in [5.74, 6) is -0.605. The first-order valence-electron chi connectivity index (χ1n) is 10.7. The van der Waals surface area contributed by atoms with Crippen LogP contribution in [-0.2, 0) is 14.3 Å². The summed E-state index contributed by atoms with van der Waals surface area (Å²) in [5.41, 5.74) is 2.14. The molecule has 2 aromatic carbocycles. The van der Waals surface area contributed by atoms with E-state index in [9.17, 15) is 14.4 Å². The molecule has 2 aliphatic rings. The van der Waals surface area contributed by atoms with Gasteiger partial charge >= 0.3 is 5.97 Å². The SMILES string of the molecule is CC(OC(=O)c1ccc(NC(=O)C2CC2)cc1)C(=O)N1CCN(c2ccccc2)CC1. The number of anilines is 2. The average Bonchev–Trinajstić information content (AvgIpc) is 3.65. The number of ether oxygens (including phenoxy) is 1. The minimum atomic E-state index is -0.856. The Bertz CT molecular complexity index is 933. The van der Waals surface area contributed by atoms with Crippen LogP contribution >= 0.6 is 0 Å². The highest BCUT2D eigenvalue weighted by atomic mass is 16.5. The maximum absolute atomic E-state index is 12.7. The molecule has 162 valence electrons. The quantitative estimate of drug-likeness (QED) is 0.726. The first-order chi connectivity index (χ1) is 15.0. The number of para-hydroxylation sites is 1. The number of rotatable bonds is 6. The minimum absolute atomic E-state index is 0.0157. The summed E-state index contributed by atoms with van der Waals surface area (Å²) in [7, 11) is 0. The number of carbonyl (C=O) groups is 3. The highest BCUT2D eigenvalue weighted by Crippen LogP contribution is 2.30. The van der Waals surface area contributed by atoms with Crippen molar-refractivity contribution in [2.45, 2.75) is 25.9 Å². The lowest BCUT2D eigenvalue weighted by atomic mass is 10.2. The zero-order valence-corrected chi connectivity index (χ0v) is 17.6. The third-order valence-electron chi connectivity index (χ3n) is 5.68. The third-order valence-corrected chi connectivity index (χ3v) is 5.68. The van der Waals surface area contributed by atoms with E-state index in [-0.39, 0.29) is 17.7 Å². The van der Waals surface area contributed by atoms with E-state index >= 15 is 0 Å². The minimum Gasteiger partial charge on any atom is -0.449 e. The number of esters is 1. The predicted molar refractivity (Wildman–Crippen MR) is 118 cm³/mol. The number of benzene rings is 2. The lowest BCUT2D eigenvalue weighted by molar-refractivity contribution is -0.140. The lowest BCUT2D eigenvalue weighted by Gasteiger charge is -2.37. The van der Waals surface area contributed by atoms with Gasteiger partial charge in [0.1, 0.15) is 0 Å². The second kappa shape index (κ2) is 9.20. The van der Waals surface area contributed by atoms with Crippen molar-refractivity contribution in [2.75, 3.05) is 36.4 Å². The maximum atomic E-state index is 12.7. The third kappa shape index (κ3) is 5.23. The van der Waals surface area contributed by atoms with Gasteiger partial charge in [0.15, 0.2) is 6.10 Å². The Labute approximate surface area is 182 Å². The summed E-state index contributed by atoms with van der Waals surface area (Å²) in [6.07, 6.45) is 1.01. The van der Waals surface area contributed by atoms with Crippen molar-refractivity contribution >= 4 is 29.2 Å². The molecule has 7 nitrogen and oxygen atoms in total. The number of carbonyl (C=O) groups excluding carboxylic acids is 3. The first kappa shape index (κ1) is 20.9. The van der Waals surface area contributed by atoms with E-state index < -0.39 is 12.1 Å². The number of hydrogen-bond acceptors (Lipinski definition) is 5. The fraction of sp³-hybridized carbons (Fsp3) is 0.375. The Morgan fingerprint density at radius 3 is 2.19 bits per heavy atom. The lowest BCUT2D eigenvalue weighted by Crippen LogP contribution is -2.51. The maximum Gasteiger partial charge on any atom is 0.338 e. The second-order valence-corrected chi connectivity index (χ2v) is 8.04. The van der Waals surface area contributed by atoms with Crippen LogP contribution in [0.1, 0.15) is 30.1 Å². The van der Waals surface area contributed by atoms with Crippen molar-refractivity contribution in [2.24, 2.45) is 5.92 Å². The molecule has 2 aromatic rings. The van der Waals surface area contributed by atoms with Crippen LogP contribution in [0.5, 0.6) is 0 Å². The van der Waals surface area contributed by atoms with E-state index in [1.165, 1.54) is 0 Å². The number of nitrogens with zero attached hydrogens (tertiary/aromatic N) is 2. The molecule has 2 fully saturated rings. The van der Waals surface area contributed by atoms with Gasteiger partial charge in [-0.05, 0) is 56.2 Å². The Morgan fingerprint density at radius 1 is 0.935 bits per heavy atom. The molecule has 31 heavy (non-hydrogen) atoms. The molecule has 0 bridgehead atoms. The molecular weight excluding hydrogens is 394 g/mol.